The van der Waals surface area contributed by atoms with Crippen molar-refractivity contribution in [3.05, 3.63) is 23.3 Å². The Bertz CT molecular complexity index is 430. The average molecular weight is 233 g/mol. The van der Waals surface area contributed by atoms with Gasteiger partial charge in [0, 0.05) is 19.0 Å². The molecular formula is C14H19NO2. The molecular weight excluding hydrogens is 214 g/mol. The Hall–Kier alpha value is -1.22. The molecule has 2 aliphatic rings. The standard InChI is InChI=1S/C14H19NO2/c1-9-10(2)15-8-11-6-13-14(7-12(9)11)17-5-3-4-16-13/h6-7,9-10,15H,3-5,8H2,1-2H3. The normalized spacial score (nSPS) is 27.2. The smallest absolute Gasteiger partial charge is 0.161 e. The number of ether oxygens (including phenoxy) is 2. The third-order valence-electron chi connectivity index (χ3n) is 3.86. The molecule has 3 nitrogen and oxygen atoms in total. The summed E-state index contributed by atoms with van der Waals surface area (Å²) in [6.45, 7) is 6.94. The van der Waals surface area contributed by atoms with E-state index in [1.165, 1.54) is 11.1 Å². The highest BCUT2D eigenvalue weighted by molar-refractivity contribution is 5.50. The highest BCUT2D eigenvalue weighted by atomic mass is 16.5. The molecule has 0 aromatic heterocycles. The van der Waals surface area contributed by atoms with Crippen LogP contribution in [0.4, 0.5) is 0 Å². The molecule has 0 bridgehead atoms. The van der Waals surface area contributed by atoms with Gasteiger partial charge < -0.3 is 14.8 Å². The summed E-state index contributed by atoms with van der Waals surface area (Å²) in [5, 5.41) is 3.51. The average Bonchev–Trinajstić information content (AvgIpc) is 2.57. The monoisotopic (exact) mass is 233 g/mol. The van der Waals surface area contributed by atoms with Crippen LogP contribution in [0.3, 0.4) is 0 Å². The molecule has 0 spiro atoms. The maximum Gasteiger partial charge on any atom is 0.161 e. The van der Waals surface area contributed by atoms with E-state index >= 15 is 0 Å². The van der Waals surface area contributed by atoms with Gasteiger partial charge in [0.15, 0.2) is 11.5 Å². The zero-order chi connectivity index (χ0) is 11.8. The summed E-state index contributed by atoms with van der Waals surface area (Å²) in [6.07, 6.45) is 0.962. The van der Waals surface area contributed by atoms with Crippen LogP contribution in [-0.4, -0.2) is 19.3 Å². The molecule has 0 amide bonds. The van der Waals surface area contributed by atoms with Crippen molar-refractivity contribution in [3.8, 4) is 11.5 Å². The summed E-state index contributed by atoms with van der Waals surface area (Å²) in [7, 11) is 0. The van der Waals surface area contributed by atoms with Crippen LogP contribution in [0.1, 0.15) is 37.3 Å². The second-order valence-corrected chi connectivity index (χ2v) is 5.01. The van der Waals surface area contributed by atoms with Crippen LogP contribution in [0.5, 0.6) is 11.5 Å². The summed E-state index contributed by atoms with van der Waals surface area (Å²) in [5.74, 6) is 2.35. The zero-order valence-corrected chi connectivity index (χ0v) is 10.5. The lowest BCUT2D eigenvalue weighted by Crippen LogP contribution is -2.35. The van der Waals surface area contributed by atoms with Gasteiger partial charge in [0.2, 0.25) is 0 Å². The molecule has 0 saturated heterocycles. The van der Waals surface area contributed by atoms with E-state index in [9.17, 15) is 0 Å². The summed E-state index contributed by atoms with van der Waals surface area (Å²) in [6, 6.07) is 4.84. The first kappa shape index (κ1) is 10.9. The molecule has 0 fully saturated rings. The third-order valence-corrected chi connectivity index (χ3v) is 3.86. The lowest BCUT2D eigenvalue weighted by molar-refractivity contribution is 0.297. The Kier molecular flexibility index (Phi) is 2.71. The maximum absolute atomic E-state index is 5.75. The molecule has 2 unspecified atom stereocenters. The molecule has 0 saturated carbocycles. The minimum Gasteiger partial charge on any atom is -0.490 e. The van der Waals surface area contributed by atoms with Gasteiger partial charge in [-0.05, 0) is 36.1 Å². The van der Waals surface area contributed by atoms with Crippen LogP contribution in [0.25, 0.3) is 0 Å². The minimum absolute atomic E-state index is 0.521. The molecule has 1 aromatic carbocycles. The number of hydrogen-bond acceptors (Lipinski definition) is 3. The Morgan fingerprint density at radius 1 is 1.12 bits per heavy atom. The highest BCUT2D eigenvalue weighted by Gasteiger charge is 2.25. The van der Waals surface area contributed by atoms with Crippen molar-refractivity contribution in [2.75, 3.05) is 13.2 Å². The van der Waals surface area contributed by atoms with Gasteiger partial charge in [0.1, 0.15) is 0 Å². The first-order valence-electron chi connectivity index (χ1n) is 6.41. The Morgan fingerprint density at radius 2 is 1.82 bits per heavy atom. The lowest BCUT2D eigenvalue weighted by Gasteiger charge is -2.30. The quantitative estimate of drug-likeness (QED) is 0.746. The summed E-state index contributed by atoms with van der Waals surface area (Å²) in [5.41, 5.74) is 2.75. The fourth-order valence-corrected chi connectivity index (χ4v) is 2.56. The van der Waals surface area contributed by atoms with Crippen molar-refractivity contribution in [1.82, 2.24) is 5.32 Å². The largest absolute Gasteiger partial charge is 0.490 e. The van der Waals surface area contributed by atoms with E-state index in [1.54, 1.807) is 0 Å². The van der Waals surface area contributed by atoms with E-state index in [0.717, 1.165) is 37.7 Å². The van der Waals surface area contributed by atoms with E-state index in [2.05, 4.69) is 31.3 Å². The third kappa shape index (κ3) is 1.89. The van der Waals surface area contributed by atoms with E-state index < -0.39 is 0 Å². The molecule has 1 N–H and O–H groups in total. The summed E-state index contributed by atoms with van der Waals surface area (Å²) in [4.78, 5) is 0. The predicted octanol–water partition coefficient (Wildman–Crippen LogP) is 2.44. The van der Waals surface area contributed by atoms with Crippen LogP contribution in [0, 0.1) is 0 Å². The Labute approximate surface area is 102 Å². The van der Waals surface area contributed by atoms with Crippen molar-refractivity contribution >= 4 is 0 Å². The Morgan fingerprint density at radius 3 is 2.59 bits per heavy atom. The number of rotatable bonds is 0. The number of nitrogens with one attached hydrogen (secondary N) is 1. The van der Waals surface area contributed by atoms with Gasteiger partial charge in [-0.2, -0.15) is 0 Å². The lowest BCUT2D eigenvalue weighted by atomic mass is 9.86. The SMILES string of the molecule is CC1NCc2cc3c(cc2C1C)OCCCO3. The van der Waals surface area contributed by atoms with E-state index in [4.69, 9.17) is 9.47 Å². The molecule has 17 heavy (non-hydrogen) atoms. The van der Waals surface area contributed by atoms with Crippen LogP contribution < -0.4 is 14.8 Å². The molecule has 3 rings (SSSR count). The topological polar surface area (TPSA) is 30.5 Å². The molecule has 0 aliphatic carbocycles. The van der Waals surface area contributed by atoms with Crippen molar-refractivity contribution < 1.29 is 9.47 Å². The van der Waals surface area contributed by atoms with E-state index in [1.807, 2.05) is 0 Å². The Balaban J connectivity index is 2.04. The molecule has 3 heteroatoms. The van der Waals surface area contributed by atoms with Gasteiger partial charge in [0.05, 0.1) is 13.2 Å². The van der Waals surface area contributed by atoms with Gasteiger partial charge in [-0.3, -0.25) is 0 Å². The minimum atomic E-state index is 0.521. The predicted molar refractivity (Wildman–Crippen MR) is 66.8 cm³/mol. The first-order chi connectivity index (χ1) is 8.25. The van der Waals surface area contributed by atoms with Gasteiger partial charge in [-0.25, -0.2) is 0 Å². The van der Waals surface area contributed by atoms with Crippen molar-refractivity contribution in [2.45, 2.75) is 38.8 Å². The number of fused-ring (bicyclic) bond motifs is 2. The second-order valence-electron chi connectivity index (χ2n) is 5.01. The van der Waals surface area contributed by atoms with E-state index in [0.29, 0.717) is 12.0 Å². The second kappa shape index (κ2) is 4.22. The number of benzene rings is 1. The molecule has 2 atom stereocenters. The zero-order valence-electron chi connectivity index (χ0n) is 10.5. The van der Waals surface area contributed by atoms with Gasteiger partial charge in [-0.1, -0.05) is 6.92 Å². The molecule has 0 radical (unpaired) electrons. The molecule has 2 heterocycles. The van der Waals surface area contributed by atoms with Crippen LogP contribution >= 0.6 is 0 Å². The molecule has 2 aliphatic heterocycles. The van der Waals surface area contributed by atoms with Crippen LogP contribution in [0.15, 0.2) is 12.1 Å². The molecule has 1 aromatic rings. The fourth-order valence-electron chi connectivity index (χ4n) is 2.56. The van der Waals surface area contributed by atoms with E-state index in [-0.39, 0.29) is 0 Å². The fraction of sp³-hybridized carbons (Fsp3) is 0.571. The van der Waals surface area contributed by atoms with Crippen molar-refractivity contribution in [2.24, 2.45) is 0 Å². The maximum atomic E-state index is 5.75. The first-order valence-corrected chi connectivity index (χ1v) is 6.41. The van der Waals surface area contributed by atoms with Crippen LogP contribution in [-0.2, 0) is 6.54 Å². The van der Waals surface area contributed by atoms with Gasteiger partial charge in [0.25, 0.3) is 0 Å². The van der Waals surface area contributed by atoms with Gasteiger partial charge in [-0.15, -0.1) is 0 Å². The molecule has 92 valence electrons. The van der Waals surface area contributed by atoms with Gasteiger partial charge >= 0.3 is 0 Å². The summed E-state index contributed by atoms with van der Waals surface area (Å²) < 4.78 is 11.5. The summed E-state index contributed by atoms with van der Waals surface area (Å²) >= 11 is 0. The van der Waals surface area contributed by atoms with Crippen LogP contribution in [0.2, 0.25) is 0 Å². The number of hydrogen-bond donors (Lipinski definition) is 1. The highest BCUT2D eigenvalue weighted by Crippen LogP contribution is 2.38. The van der Waals surface area contributed by atoms with Crippen molar-refractivity contribution in [3.63, 3.8) is 0 Å². The van der Waals surface area contributed by atoms with Crippen molar-refractivity contribution in [1.29, 1.82) is 0 Å².